The molecule has 168 valence electrons. The van der Waals surface area contributed by atoms with Crippen molar-refractivity contribution >= 4 is 8.32 Å². The number of aliphatic hydroxyl groups excluding tert-OH is 3. The Morgan fingerprint density at radius 2 is 0.741 bits per heavy atom. The van der Waals surface area contributed by atoms with E-state index in [1.807, 2.05) is 0 Å². The van der Waals surface area contributed by atoms with Gasteiger partial charge >= 0.3 is 0 Å². The van der Waals surface area contributed by atoms with Crippen LogP contribution < -0.4 is 0 Å². The summed E-state index contributed by atoms with van der Waals surface area (Å²) < 4.78 is 0. The van der Waals surface area contributed by atoms with Crippen molar-refractivity contribution in [1.29, 1.82) is 0 Å². The van der Waals surface area contributed by atoms with Crippen LogP contribution in [0.4, 0.5) is 0 Å². The van der Waals surface area contributed by atoms with Gasteiger partial charge in [0.15, 0.2) is 8.32 Å². The molecule has 4 N–H and O–H groups in total. The first-order chi connectivity index (χ1) is 12.1. The fourth-order valence-electron chi connectivity index (χ4n) is 2.47. The molecular formula is C21H52O4SiTi. The van der Waals surface area contributed by atoms with Gasteiger partial charge in [-0.25, -0.2) is 0 Å². The molecule has 0 aliphatic carbocycles. The molecule has 0 rings (SSSR count). The molecule has 0 atom stereocenters. The number of aliphatic hydroxyl groups is 3. The van der Waals surface area contributed by atoms with Gasteiger partial charge in [-0.15, -0.1) is 0 Å². The monoisotopic (exact) mass is 444 g/mol. The third-order valence-corrected chi connectivity index (χ3v) is 9.86. The molecule has 0 amide bonds. The minimum atomic E-state index is -1.98. The van der Waals surface area contributed by atoms with E-state index in [9.17, 15) is 4.80 Å². The number of hydrogen-bond donors (Lipinski definition) is 4. The maximum Gasteiger partial charge on any atom is 0.196 e. The van der Waals surface area contributed by atoms with Crippen LogP contribution in [0.1, 0.15) is 101 Å². The van der Waals surface area contributed by atoms with Crippen molar-refractivity contribution in [3.05, 3.63) is 0 Å². The molecule has 0 aromatic carbocycles. The Hall–Kier alpha value is 0.771. The second kappa shape index (κ2) is 29.0. The Morgan fingerprint density at radius 3 is 0.741 bits per heavy atom. The summed E-state index contributed by atoms with van der Waals surface area (Å²) >= 11 is 0. The second-order valence-electron chi connectivity index (χ2n) is 7.58. The quantitative estimate of drug-likeness (QED) is 0.355. The zero-order valence-corrected chi connectivity index (χ0v) is 22.4. The molecule has 0 saturated carbocycles. The molecule has 0 heterocycles. The van der Waals surface area contributed by atoms with Crippen LogP contribution >= 0.6 is 0 Å². The van der Waals surface area contributed by atoms with E-state index < -0.39 is 8.32 Å². The van der Waals surface area contributed by atoms with Crippen molar-refractivity contribution in [2.75, 3.05) is 19.8 Å². The molecule has 0 bridgehead atoms. The molecule has 6 heteroatoms. The van der Waals surface area contributed by atoms with Crippen LogP contribution in [-0.4, -0.2) is 48.3 Å². The molecule has 0 aromatic heterocycles. The van der Waals surface area contributed by atoms with Gasteiger partial charge < -0.3 is 20.1 Å². The predicted molar refractivity (Wildman–Crippen MR) is 119 cm³/mol. The number of rotatable bonds is 9. The largest absolute Gasteiger partial charge is 0.431 e. The van der Waals surface area contributed by atoms with Crippen molar-refractivity contribution < 1.29 is 41.8 Å². The Bertz CT molecular complexity index is 198. The Kier molecular flexibility index (Phi) is 41.2. The Morgan fingerprint density at radius 1 is 0.556 bits per heavy atom. The smallest absolute Gasteiger partial charge is 0.196 e. The third kappa shape index (κ3) is 26.8. The summed E-state index contributed by atoms with van der Waals surface area (Å²) in [5.41, 5.74) is 1.42. The zero-order chi connectivity index (χ0) is 21.6. The van der Waals surface area contributed by atoms with Gasteiger partial charge in [0.1, 0.15) is 0 Å². The minimum Gasteiger partial charge on any atom is -0.431 e. The average molecular weight is 445 g/mol. The molecule has 0 aliphatic rings. The van der Waals surface area contributed by atoms with E-state index in [4.69, 9.17) is 15.3 Å². The zero-order valence-electron chi connectivity index (χ0n) is 19.9. The van der Waals surface area contributed by atoms with E-state index >= 15 is 0 Å². The van der Waals surface area contributed by atoms with Crippen molar-refractivity contribution in [2.24, 2.45) is 0 Å². The predicted octanol–water partition coefficient (Wildman–Crippen LogP) is 5.49. The number of hydrogen-bond acceptors (Lipinski definition) is 4. The average Bonchev–Trinajstić information content (AvgIpc) is 2.57. The summed E-state index contributed by atoms with van der Waals surface area (Å²) in [6.07, 6.45) is 6.11. The van der Waals surface area contributed by atoms with Crippen LogP contribution in [0.3, 0.4) is 0 Å². The maximum atomic E-state index is 10.4. The molecule has 27 heavy (non-hydrogen) atoms. The molecule has 0 saturated heterocycles. The third-order valence-electron chi connectivity index (χ3n) is 4.31. The first-order valence-corrected chi connectivity index (χ1v) is 12.8. The van der Waals surface area contributed by atoms with Gasteiger partial charge in [-0.1, -0.05) is 81.6 Å². The van der Waals surface area contributed by atoms with Crippen LogP contribution in [0.25, 0.3) is 0 Å². The minimum absolute atomic E-state index is 0. The van der Waals surface area contributed by atoms with Gasteiger partial charge in [-0.2, -0.15) is 0 Å². The summed E-state index contributed by atoms with van der Waals surface area (Å²) in [7, 11) is -1.98. The second-order valence-corrected chi connectivity index (χ2v) is 12.8. The summed E-state index contributed by atoms with van der Waals surface area (Å²) in [5, 5.41) is 24.2. The van der Waals surface area contributed by atoms with Gasteiger partial charge in [0.25, 0.3) is 0 Å². The van der Waals surface area contributed by atoms with E-state index in [-0.39, 0.29) is 21.7 Å². The molecule has 0 aromatic rings. The van der Waals surface area contributed by atoms with Gasteiger partial charge in [0.05, 0.1) is 0 Å². The van der Waals surface area contributed by atoms with E-state index in [1.54, 1.807) is 0 Å². The van der Waals surface area contributed by atoms with E-state index in [2.05, 4.69) is 62.3 Å². The van der Waals surface area contributed by atoms with Crippen LogP contribution in [0, 0.1) is 0 Å². The van der Waals surface area contributed by atoms with Crippen LogP contribution in [0.15, 0.2) is 0 Å². The van der Waals surface area contributed by atoms with Crippen LogP contribution in [-0.2, 0) is 21.7 Å². The summed E-state index contributed by atoms with van der Waals surface area (Å²) in [6.45, 7) is 20.1. The Balaban J connectivity index is -0.0000000858. The SMILES string of the molecule is CC(C)[Si](O)(C(C)C)C(C)C.CCCCO.CCCCO.CCCCO.[Ti]. The first-order valence-electron chi connectivity index (χ1n) is 10.6. The van der Waals surface area contributed by atoms with Gasteiger partial charge in [0.2, 0.25) is 0 Å². The van der Waals surface area contributed by atoms with Gasteiger partial charge in [0, 0.05) is 41.5 Å². The molecule has 0 aliphatic heterocycles. The van der Waals surface area contributed by atoms with Gasteiger partial charge in [-0.3, -0.25) is 0 Å². The molecule has 4 nitrogen and oxygen atoms in total. The normalized spacial score (nSPS) is 10.2. The van der Waals surface area contributed by atoms with Gasteiger partial charge in [-0.05, 0) is 35.9 Å². The van der Waals surface area contributed by atoms with Crippen molar-refractivity contribution in [1.82, 2.24) is 0 Å². The standard InChI is InChI=1S/C9H22OSi.3C4H10O.Ti/c1-7(2)11(10,8(3)4)9(5)6;3*1-2-3-4-5;/h7-10H,1-6H3;3*5H,2-4H2,1H3;. The summed E-state index contributed by atoms with van der Waals surface area (Å²) in [5.74, 6) is 0. The Labute approximate surface area is 187 Å². The molecular weight excluding hydrogens is 392 g/mol. The van der Waals surface area contributed by atoms with Crippen molar-refractivity contribution in [3.63, 3.8) is 0 Å². The van der Waals surface area contributed by atoms with E-state index in [0.29, 0.717) is 36.4 Å². The van der Waals surface area contributed by atoms with E-state index in [1.165, 1.54) is 0 Å². The molecule has 0 fully saturated rings. The van der Waals surface area contributed by atoms with Crippen LogP contribution in [0.2, 0.25) is 16.6 Å². The fourth-order valence-corrected chi connectivity index (χ4v) is 6.47. The number of unbranched alkanes of at least 4 members (excludes halogenated alkanes) is 3. The van der Waals surface area contributed by atoms with Crippen molar-refractivity contribution in [2.45, 2.75) is 117 Å². The summed E-state index contributed by atoms with van der Waals surface area (Å²) in [6, 6.07) is 0. The first kappa shape index (κ1) is 38.4. The molecule has 0 spiro atoms. The maximum absolute atomic E-state index is 10.4. The topological polar surface area (TPSA) is 80.9 Å². The molecule has 0 radical (unpaired) electrons. The van der Waals surface area contributed by atoms with Crippen LogP contribution in [0.5, 0.6) is 0 Å². The van der Waals surface area contributed by atoms with E-state index in [0.717, 1.165) is 38.5 Å². The van der Waals surface area contributed by atoms with Crippen molar-refractivity contribution in [3.8, 4) is 0 Å². The molecule has 0 unspecified atom stereocenters. The fraction of sp³-hybridized carbons (Fsp3) is 1.00. The summed E-state index contributed by atoms with van der Waals surface area (Å²) in [4.78, 5) is 10.4.